The molecule has 3 N–H and O–H groups in total. The summed E-state index contributed by atoms with van der Waals surface area (Å²) in [5, 5.41) is 19.3. The number of aromatic nitrogens is 1. The van der Waals surface area contributed by atoms with Crippen LogP contribution >= 0.6 is 0 Å². The van der Waals surface area contributed by atoms with E-state index >= 15 is 0 Å². The molecule has 1 saturated heterocycles. The van der Waals surface area contributed by atoms with Gasteiger partial charge in [0.25, 0.3) is 5.91 Å². The van der Waals surface area contributed by atoms with Gasteiger partial charge in [0.1, 0.15) is 17.4 Å². The number of rotatable bonds is 7. The Kier molecular flexibility index (Phi) is 12.6. The van der Waals surface area contributed by atoms with Gasteiger partial charge in [0.15, 0.2) is 0 Å². The summed E-state index contributed by atoms with van der Waals surface area (Å²) in [6, 6.07) is 1.78. The van der Waals surface area contributed by atoms with Gasteiger partial charge < -0.3 is 15.1 Å². The Morgan fingerprint density at radius 3 is 2.53 bits per heavy atom. The van der Waals surface area contributed by atoms with E-state index in [0.29, 0.717) is 55.5 Å². The number of fused-ring (bicyclic) bond motifs is 1. The van der Waals surface area contributed by atoms with Crippen molar-refractivity contribution in [2.45, 2.75) is 86.1 Å². The minimum atomic E-state index is -0.308. The number of nitrogens with zero attached hydrogens (tertiary/aromatic N) is 3. The third-order valence-corrected chi connectivity index (χ3v) is 6.35. The lowest BCUT2D eigenvalue weighted by Crippen LogP contribution is -2.39. The van der Waals surface area contributed by atoms with Gasteiger partial charge in [-0.15, -0.1) is 0 Å². The SMILES string of the molecule is C/C=C(/C=C\C=C(/C)C(=N)N1CCCCC1=N)NC(=O)c1cc2c(cn1)CCN(C(=O)CCC)C2.CCC. The Labute approximate surface area is 227 Å². The number of hydrogen-bond donors (Lipinski definition) is 3. The van der Waals surface area contributed by atoms with Gasteiger partial charge in [-0.05, 0) is 68.4 Å². The zero-order valence-electron chi connectivity index (χ0n) is 23.7. The third-order valence-electron chi connectivity index (χ3n) is 6.35. The van der Waals surface area contributed by atoms with E-state index in [-0.39, 0.29) is 11.8 Å². The molecule has 38 heavy (non-hydrogen) atoms. The highest BCUT2D eigenvalue weighted by Gasteiger charge is 2.22. The first-order chi connectivity index (χ1) is 18.2. The van der Waals surface area contributed by atoms with Crippen LogP contribution in [0.15, 0.2) is 47.8 Å². The van der Waals surface area contributed by atoms with Gasteiger partial charge in [-0.25, -0.2) is 0 Å². The van der Waals surface area contributed by atoms with Gasteiger partial charge in [-0.2, -0.15) is 0 Å². The number of amidine groups is 2. The molecule has 0 saturated carbocycles. The van der Waals surface area contributed by atoms with Crippen LogP contribution in [0.5, 0.6) is 0 Å². The molecule has 8 nitrogen and oxygen atoms in total. The largest absolute Gasteiger partial charge is 0.338 e. The first-order valence-corrected chi connectivity index (χ1v) is 13.8. The Morgan fingerprint density at radius 1 is 1.13 bits per heavy atom. The molecule has 0 radical (unpaired) electrons. The van der Waals surface area contributed by atoms with Crippen molar-refractivity contribution in [2.75, 3.05) is 13.1 Å². The number of amides is 2. The summed E-state index contributed by atoms with van der Waals surface area (Å²) in [5.41, 5.74) is 3.75. The molecule has 1 aromatic heterocycles. The van der Waals surface area contributed by atoms with Crippen molar-refractivity contribution in [1.82, 2.24) is 20.1 Å². The van der Waals surface area contributed by atoms with E-state index in [4.69, 9.17) is 10.8 Å². The molecule has 0 aliphatic carbocycles. The highest BCUT2D eigenvalue weighted by Crippen LogP contribution is 2.20. The van der Waals surface area contributed by atoms with Gasteiger partial charge in [0.05, 0.1) is 0 Å². The maximum Gasteiger partial charge on any atom is 0.274 e. The van der Waals surface area contributed by atoms with E-state index in [1.54, 1.807) is 35.4 Å². The second-order valence-corrected chi connectivity index (χ2v) is 9.67. The van der Waals surface area contributed by atoms with Crippen molar-refractivity contribution >= 4 is 23.5 Å². The lowest BCUT2D eigenvalue weighted by atomic mass is 10.0. The number of carbonyl (C=O) groups excluding carboxylic acids is 2. The van der Waals surface area contributed by atoms with Crippen molar-refractivity contribution in [3.8, 4) is 0 Å². The number of likely N-dealkylation sites (tertiary alicyclic amines) is 1. The Morgan fingerprint density at radius 2 is 1.87 bits per heavy atom. The van der Waals surface area contributed by atoms with Crippen LogP contribution in [-0.2, 0) is 17.8 Å². The van der Waals surface area contributed by atoms with Crippen molar-refractivity contribution in [2.24, 2.45) is 0 Å². The number of nitrogens with one attached hydrogen (secondary N) is 3. The minimum Gasteiger partial charge on any atom is -0.338 e. The quantitative estimate of drug-likeness (QED) is 0.241. The standard InChI is InChI=1S/C27H36N6O2.C3H8/c1-4-9-25(34)32-15-13-20-17-30-23(16-21(20)18-32)27(35)31-22(5-2)11-8-10-19(3)26(29)33-14-7-6-12-24(33)28;1-3-2/h5,8,10-11,16-17,28-29H,4,6-7,9,12-15,18H2,1-3H3,(H,31,35);3H2,1-2H3/b11-8-,19-10+,22-5-,28-24?,29-26?;. The molecule has 3 heterocycles. The number of piperidine rings is 1. The molecular weight excluding hydrogens is 476 g/mol. The van der Waals surface area contributed by atoms with E-state index in [9.17, 15) is 9.59 Å². The third kappa shape index (κ3) is 8.78. The Bertz CT molecular complexity index is 1100. The van der Waals surface area contributed by atoms with Crippen LogP contribution in [0.25, 0.3) is 0 Å². The summed E-state index contributed by atoms with van der Waals surface area (Å²) in [4.78, 5) is 33.1. The number of allylic oxidation sites excluding steroid dienone is 4. The van der Waals surface area contributed by atoms with Gasteiger partial charge in [-0.1, -0.05) is 45.4 Å². The van der Waals surface area contributed by atoms with Gasteiger partial charge in [-0.3, -0.25) is 25.4 Å². The molecule has 8 heteroatoms. The predicted molar refractivity (Wildman–Crippen MR) is 154 cm³/mol. The van der Waals surface area contributed by atoms with Crippen LogP contribution < -0.4 is 5.32 Å². The van der Waals surface area contributed by atoms with Gasteiger partial charge in [0, 0.05) is 44.4 Å². The molecule has 0 spiro atoms. The van der Waals surface area contributed by atoms with Crippen molar-refractivity contribution in [3.05, 3.63) is 64.7 Å². The summed E-state index contributed by atoms with van der Waals surface area (Å²) in [7, 11) is 0. The van der Waals surface area contributed by atoms with E-state index in [1.807, 2.05) is 31.7 Å². The molecule has 2 amide bonds. The summed E-state index contributed by atoms with van der Waals surface area (Å²) >= 11 is 0. The Hall–Kier alpha value is -3.55. The van der Waals surface area contributed by atoms with E-state index in [2.05, 4.69) is 24.1 Å². The normalized spacial score (nSPS) is 16.1. The Balaban J connectivity index is 0.00000161. The van der Waals surface area contributed by atoms with Crippen molar-refractivity contribution in [3.63, 3.8) is 0 Å². The van der Waals surface area contributed by atoms with Crippen LogP contribution in [0, 0.1) is 10.8 Å². The van der Waals surface area contributed by atoms with E-state index in [1.165, 1.54) is 6.42 Å². The average Bonchev–Trinajstić information content (AvgIpc) is 2.92. The average molecular weight is 521 g/mol. The molecule has 0 atom stereocenters. The first-order valence-electron chi connectivity index (χ1n) is 13.8. The van der Waals surface area contributed by atoms with Crippen LogP contribution in [-0.4, -0.2) is 51.4 Å². The minimum absolute atomic E-state index is 0.149. The zero-order valence-corrected chi connectivity index (χ0v) is 23.7. The molecule has 0 unspecified atom stereocenters. The number of hydrogen-bond acceptors (Lipinski definition) is 5. The fourth-order valence-electron chi connectivity index (χ4n) is 4.22. The van der Waals surface area contributed by atoms with Crippen LogP contribution in [0.1, 0.15) is 94.8 Å². The number of carbonyl (C=O) groups is 2. The second kappa shape index (κ2) is 15.6. The molecule has 1 fully saturated rings. The molecule has 1 aromatic rings. The smallest absolute Gasteiger partial charge is 0.274 e. The number of pyridine rings is 1. The molecule has 2 aliphatic heterocycles. The second-order valence-electron chi connectivity index (χ2n) is 9.67. The van der Waals surface area contributed by atoms with Gasteiger partial charge >= 0.3 is 0 Å². The van der Waals surface area contributed by atoms with Gasteiger partial charge in [0.2, 0.25) is 5.91 Å². The molecule has 2 aliphatic rings. The van der Waals surface area contributed by atoms with E-state index in [0.717, 1.165) is 42.4 Å². The van der Waals surface area contributed by atoms with Crippen LogP contribution in [0.3, 0.4) is 0 Å². The topological polar surface area (TPSA) is 113 Å². The highest BCUT2D eigenvalue weighted by atomic mass is 16.2. The van der Waals surface area contributed by atoms with Crippen LogP contribution in [0.4, 0.5) is 0 Å². The highest BCUT2D eigenvalue weighted by molar-refractivity contribution is 6.06. The summed E-state index contributed by atoms with van der Waals surface area (Å²) < 4.78 is 0. The fraction of sp³-hybridized carbons (Fsp3) is 0.500. The van der Waals surface area contributed by atoms with Crippen molar-refractivity contribution < 1.29 is 9.59 Å². The van der Waals surface area contributed by atoms with E-state index < -0.39 is 0 Å². The molecular formula is C30H44N6O2. The summed E-state index contributed by atoms with van der Waals surface area (Å²) in [6.45, 7) is 11.9. The zero-order chi connectivity index (χ0) is 28.1. The maximum absolute atomic E-state index is 12.9. The van der Waals surface area contributed by atoms with Crippen molar-refractivity contribution in [1.29, 1.82) is 10.8 Å². The first kappa shape index (κ1) is 30.7. The summed E-state index contributed by atoms with van der Waals surface area (Å²) in [5.74, 6) is 0.679. The predicted octanol–water partition coefficient (Wildman–Crippen LogP) is 5.76. The molecule has 0 aromatic carbocycles. The monoisotopic (exact) mass is 520 g/mol. The fourth-order valence-corrected chi connectivity index (χ4v) is 4.22. The molecule has 3 rings (SSSR count). The molecule has 206 valence electrons. The lowest BCUT2D eigenvalue weighted by Gasteiger charge is -2.29. The maximum atomic E-state index is 12.9. The van der Waals surface area contributed by atoms with Crippen LogP contribution in [0.2, 0.25) is 0 Å². The summed E-state index contributed by atoms with van der Waals surface area (Å²) in [6.07, 6.45) is 15.0. The lowest BCUT2D eigenvalue weighted by molar-refractivity contribution is -0.132. The molecule has 0 bridgehead atoms.